The van der Waals surface area contributed by atoms with E-state index in [1.54, 1.807) is 0 Å². The Hall–Kier alpha value is -7.10. The van der Waals surface area contributed by atoms with E-state index >= 15 is 0 Å². The molecule has 0 unspecified atom stereocenters. The van der Waals surface area contributed by atoms with E-state index in [2.05, 4.69) is 142 Å². The Kier molecular flexibility index (Phi) is 5.65. The van der Waals surface area contributed by atoms with Gasteiger partial charge in [-0.3, -0.25) is 0 Å². The summed E-state index contributed by atoms with van der Waals surface area (Å²) in [5, 5.41) is 6.17. The number of nitrogens with zero attached hydrogens (tertiary/aromatic N) is 8. The van der Waals surface area contributed by atoms with Crippen LogP contribution in [0.15, 0.2) is 188 Å². The van der Waals surface area contributed by atoms with Crippen molar-refractivity contribution in [1.29, 1.82) is 0 Å². The molecule has 4 aliphatic heterocycles. The summed E-state index contributed by atoms with van der Waals surface area (Å²) in [4.78, 5) is 32.8. The first-order chi connectivity index (χ1) is 26.3. The zero-order valence-corrected chi connectivity index (χ0v) is 29.1. The van der Waals surface area contributed by atoms with Crippen molar-refractivity contribution in [2.45, 2.75) is 0 Å². The van der Waals surface area contributed by atoms with Crippen molar-refractivity contribution in [2.75, 3.05) is 0 Å². The van der Waals surface area contributed by atoms with E-state index in [1.807, 2.05) is 24.3 Å². The van der Waals surface area contributed by atoms with Crippen LogP contribution < -0.4 is 21.3 Å². The van der Waals surface area contributed by atoms with Crippen molar-refractivity contribution in [2.24, 2.45) is 30.0 Å². The first-order valence-corrected chi connectivity index (χ1v) is 19.6. The Morgan fingerprint density at radius 1 is 0.302 bits per heavy atom. The summed E-state index contributed by atoms with van der Waals surface area (Å²) in [6, 6.07) is 55.1. The molecule has 9 heteroatoms. The van der Waals surface area contributed by atoms with Gasteiger partial charge in [0, 0.05) is 43.8 Å². The molecule has 6 aromatic carbocycles. The van der Waals surface area contributed by atoms with Crippen LogP contribution in [0.25, 0.3) is 21.5 Å². The number of rotatable bonds is 2. The zero-order chi connectivity index (χ0) is 34.7. The van der Waals surface area contributed by atoms with E-state index in [0.29, 0.717) is 23.3 Å². The zero-order valence-electron chi connectivity index (χ0n) is 28.1. The predicted octanol–water partition coefficient (Wildman–Crippen LogP) is 6.19. The van der Waals surface area contributed by atoms with Gasteiger partial charge in [0.15, 0.2) is 23.3 Å². The molecule has 6 bridgehead atoms. The number of hydrogen-bond acceptors (Lipinski definition) is 6. The Morgan fingerprint density at radius 3 is 1.06 bits per heavy atom. The van der Waals surface area contributed by atoms with Gasteiger partial charge in [-0.05, 0) is 10.4 Å². The van der Waals surface area contributed by atoms with Crippen LogP contribution in [0.2, 0.25) is 0 Å². The average Bonchev–Trinajstić information content (AvgIpc) is 3.93. The fraction of sp³-hybridized carbons (Fsp3) is 0. The Morgan fingerprint density at radius 2 is 0.642 bits per heavy atom. The lowest BCUT2D eigenvalue weighted by molar-refractivity contribution is 0.949. The van der Waals surface area contributed by atoms with Gasteiger partial charge >= 0.3 is 8.40 Å². The molecule has 246 valence electrons. The number of amidine groups is 4. The lowest BCUT2D eigenvalue weighted by Gasteiger charge is -2.37. The quantitative estimate of drug-likeness (QED) is 0.194. The SMILES string of the molecule is c1ccc([Si]2(c3ccccc3)n3c4c5ccccc5c3N=C3N=C(N=c5c6ccccc6c(n52)=NC2=NC(=N4)c4ccccc42)c2ccccc23)cc1. The summed E-state index contributed by atoms with van der Waals surface area (Å²) in [5.74, 6) is 4.06. The third kappa shape index (κ3) is 3.73. The molecule has 6 heterocycles. The third-order valence-corrected chi connectivity index (χ3v) is 15.2. The van der Waals surface area contributed by atoms with Gasteiger partial charge in [0.05, 0.1) is 0 Å². The monoisotopic (exact) mass is 694 g/mol. The standard InChI is InChI=1S/C44H26N8Si/c1-3-15-27(16-4-1)53(28-17-5-2-6-18-28)51-41-33-23-11-12-24-34(33)43(51)49-39-31-21-9-10-22-32(31)40(46-39)50-44-36-26-14-13-25-35(36)42(52(44)53)48-38-30-20-8-7-19-29(30)37(45-38)47-41/h1-26H. The van der Waals surface area contributed by atoms with Crippen LogP contribution in [0.1, 0.15) is 22.3 Å². The Bertz CT molecular complexity index is 2960. The Labute approximate surface area is 303 Å². The number of benzene rings is 6. The predicted molar refractivity (Wildman–Crippen MR) is 213 cm³/mol. The van der Waals surface area contributed by atoms with Crippen molar-refractivity contribution >= 4 is 75.3 Å². The molecule has 0 N–H and O–H groups in total. The van der Waals surface area contributed by atoms with Crippen molar-refractivity contribution in [3.63, 3.8) is 0 Å². The number of aromatic nitrogens is 2. The molecular formula is C44H26N8Si. The smallest absolute Gasteiger partial charge is 0.311 e. The van der Waals surface area contributed by atoms with Gasteiger partial charge in [0.1, 0.15) is 22.6 Å². The van der Waals surface area contributed by atoms with Crippen LogP contribution in [-0.4, -0.2) is 40.2 Å². The molecule has 0 aliphatic carbocycles. The van der Waals surface area contributed by atoms with Crippen molar-refractivity contribution in [1.82, 2.24) is 8.47 Å². The molecule has 0 fully saturated rings. The summed E-state index contributed by atoms with van der Waals surface area (Å²) in [5.41, 5.74) is 5.34. The van der Waals surface area contributed by atoms with Crippen molar-refractivity contribution in [3.8, 4) is 0 Å². The molecule has 0 atom stereocenters. The first-order valence-electron chi connectivity index (χ1n) is 17.7. The van der Waals surface area contributed by atoms with Crippen LogP contribution in [0.3, 0.4) is 0 Å². The number of aliphatic imine (C=N–C) groups is 4. The molecule has 12 rings (SSSR count). The molecule has 0 radical (unpaired) electrons. The summed E-state index contributed by atoms with van der Waals surface area (Å²) in [6.07, 6.45) is 0. The minimum Gasteiger partial charge on any atom is -0.311 e. The molecule has 0 saturated heterocycles. The maximum absolute atomic E-state index is 5.60. The average molecular weight is 695 g/mol. The van der Waals surface area contributed by atoms with Gasteiger partial charge in [-0.25, -0.2) is 30.0 Å². The minimum atomic E-state index is -3.64. The molecule has 8 aromatic rings. The van der Waals surface area contributed by atoms with E-state index in [-0.39, 0.29) is 0 Å². The maximum Gasteiger partial charge on any atom is 0.345 e. The highest BCUT2D eigenvalue weighted by molar-refractivity contribution is 7.00. The second-order valence-electron chi connectivity index (χ2n) is 13.5. The normalized spacial score (nSPS) is 15.7. The summed E-state index contributed by atoms with van der Waals surface area (Å²) in [6.45, 7) is 0. The van der Waals surface area contributed by atoms with Crippen molar-refractivity contribution in [3.05, 3.63) is 191 Å². The summed E-state index contributed by atoms with van der Waals surface area (Å²) < 4.78 is 4.87. The van der Waals surface area contributed by atoms with E-state index in [4.69, 9.17) is 30.0 Å². The van der Waals surface area contributed by atoms with Crippen molar-refractivity contribution < 1.29 is 0 Å². The molecule has 0 saturated carbocycles. The van der Waals surface area contributed by atoms with Gasteiger partial charge in [-0.1, -0.05) is 158 Å². The Balaban J connectivity index is 1.46. The van der Waals surface area contributed by atoms with Gasteiger partial charge < -0.3 is 8.47 Å². The van der Waals surface area contributed by atoms with E-state index in [9.17, 15) is 0 Å². The second-order valence-corrected chi connectivity index (χ2v) is 16.9. The lowest BCUT2D eigenvalue weighted by atomic mass is 10.1. The maximum atomic E-state index is 5.60. The molecule has 8 nitrogen and oxygen atoms in total. The van der Waals surface area contributed by atoms with Crippen LogP contribution >= 0.6 is 0 Å². The lowest BCUT2D eigenvalue weighted by Crippen LogP contribution is -2.74. The molecule has 2 aromatic heterocycles. The fourth-order valence-electron chi connectivity index (χ4n) is 8.54. The summed E-state index contributed by atoms with van der Waals surface area (Å²) in [7, 11) is -3.64. The molecular weight excluding hydrogens is 669 g/mol. The largest absolute Gasteiger partial charge is 0.345 e. The second kappa shape index (κ2) is 10.5. The van der Waals surface area contributed by atoms with Gasteiger partial charge in [-0.15, -0.1) is 0 Å². The number of hydrogen-bond donors (Lipinski definition) is 0. The van der Waals surface area contributed by atoms with Gasteiger partial charge in [0.2, 0.25) is 0 Å². The van der Waals surface area contributed by atoms with Crippen LogP contribution in [0.4, 0.5) is 11.6 Å². The highest BCUT2D eigenvalue weighted by Crippen LogP contribution is 2.43. The van der Waals surface area contributed by atoms with Gasteiger partial charge in [-0.2, -0.15) is 0 Å². The number of fused-ring (bicyclic) bond motifs is 14. The first kappa shape index (κ1) is 28.6. The van der Waals surface area contributed by atoms with Crippen LogP contribution in [-0.2, 0) is 0 Å². The topological polar surface area (TPSA) is 84.0 Å². The fourth-order valence-corrected chi connectivity index (χ4v) is 13.3. The van der Waals surface area contributed by atoms with E-state index < -0.39 is 8.40 Å². The molecule has 0 spiro atoms. The van der Waals surface area contributed by atoms with Gasteiger partial charge in [0.25, 0.3) is 0 Å². The third-order valence-electron chi connectivity index (χ3n) is 10.8. The highest BCUT2D eigenvalue weighted by Gasteiger charge is 2.50. The summed E-state index contributed by atoms with van der Waals surface area (Å²) >= 11 is 0. The van der Waals surface area contributed by atoms with E-state index in [0.717, 1.165) is 76.8 Å². The van der Waals surface area contributed by atoms with Crippen LogP contribution in [0, 0.1) is 0 Å². The molecule has 0 amide bonds. The molecule has 4 aliphatic rings. The minimum absolute atomic E-state index is 0.625. The van der Waals surface area contributed by atoms with E-state index in [1.165, 1.54) is 0 Å². The molecule has 53 heavy (non-hydrogen) atoms. The highest BCUT2D eigenvalue weighted by atomic mass is 28.3. The van der Waals surface area contributed by atoms with Crippen LogP contribution in [0.5, 0.6) is 0 Å².